The van der Waals surface area contributed by atoms with Crippen molar-refractivity contribution in [2.75, 3.05) is 7.11 Å². The van der Waals surface area contributed by atoms with Crippen molar-refractivity contribution in [2.24, 2.45) is 5.73 Å². The summed E-state index contributed by atoms with van der Waals surface area (Å²) in [5.41, 5.74) is 6.42. The molecule has 0 radical (unpaired) electrons. The van der Waals surface area contributed by atoms with Crippen LogP contribution in [0.3, 0.4) is 0 Å². The summed E-state index contributed by atoms with van der Waals surface area (Å²) < 4.78 is 17.6. The van der Waals surface area contributed by atoms with E-state index < -0.39 is 11.9 Å². The summed E-state index contributed by atoms with van der Waals surface area (Å²) in [6.07, 6.45) is 0.621. The summed E-state index contributed by atoms with van der Waals surface area (Å²) in [4.78, 5) is 10.9. The fourth-order valence-electron chi connectivity index (χ4n) is 1.29. The molecule has 88 valence electrons. The number of nitrogens with two attached hydrogens (primary N) is 1. The molecule has 0 bridgehead atoms. The van der Waals surface area contributed by atoms with E-state index in [1.165, 1.54) is 19.2 Å². The third-order valence-corrected chi connectivity index (χ3v) is 2.57. The number of esters is 1. The Labute approximate surface area is 98.3 Å². The summed E-state index contributed by atoms with van der Waals surface area (Å²) in [6, 6.07) is 3.98. The van der Waals surface area contributed by atoms with Crippen molar-refractivity contribution in [3.8, 4) is 0 Å². The van der Waals surface area contributed by atoms with E-state index in [4.69, 9.17) is 17.3 Å². The van der Waals surface area contributed by atoms with Gasteiger partial charge in [-0.3, -0.25) is 4.79 Å². The number of ether oxygens (including phenoxy) is 1. The van der Waals surface area contributed by atoms with Gasteiger partial charge in [0.1, 0.15) is 5.82 Å². The monoisotopic (exact) mass is 245 g/mol. The highest BCUT2D eigenvalue weighted by Gasteiger charge is 2.11. The minimum absolute atomic E-state index is 0.0592. The second-order valence-corrected chi connectivity index (χ2v) is 3.80. The average molecular weight is 246 g/mol. The Hall–Kier alpha value is -1.13. The minimum atomic E-state index is -0.507. The van der Waals surface area contributed by atoms with Gasteiger partial charge in [-0.1, -0.05) is 17.7 Å². The van der Waals surface area contributed by atoms with Gasteiger partial charge in [0.2, 0.25) is 0 Å². The van der Waals surface area contributed by atoms with Crippen LogP contribution in [0.2, 0.25) is 5.02 Å². The molecule has 1 aromatic rings. The quantitative estimate of drug-likeness (QED) is 0.829. The van der Waals surface area contributed by atoms with Gasteiger partial charge in [0.15, 0.2) is 0 Å². The van der Waals surface area contributed by atoms with Gasteiger partial charge in [0, 0.05) is 12.5 Å². The normalized spacial score (nSPS) is 12.2. The van der Waals surface area contributed by atoms with Crippen LogP contribution in [0.1, 0.15) is 24.4 Å². The first-order valence-corrected chi connectivity index (χ1v) is 5.19. The molecule has 16 heavy (non-hydrogen) atoms. The van der Waals surface area contributed by atoms with E-state index in [-0.39, 0.29) is 17.4 Å². The van der Waals surface area contributed by atoms with E-state index >= 15 is 0 Å². The molecule has 0 amide bonds. The van der Waals surface area contributed by atoms with E-state index in [0.717, 1.165) is 0 Å². The zero-order chi connectivity index (χ0) is 12.1. The molecular formula is C11H13ClFNO2. The fourth-order valence-corrected chi connectivity index (χ4v) is 1.40. The Bertz CT molecular complexity index is 384. The van der Waals surface area contributed by atoms with Crippen LogP contribution < -0.4 is 5.73 Å². The molecule has 0 aliphatic heterocycles. The highest BCUT2D eigenvalue weighted by molar-refractivity contribution is 6.30. The topological polar surface area (TPSA) is 52.3 Å². The molecule has 1 unspecified atom stereocenters. The van der Waals surface area contributed by atoms with Crippen LogP contribution in [-0.2, 0) is 9.53 Å². The van der Waals surface area contributed by atoms with Crippen LogP contribution in [0, 0.1) is 5.82 Å². The first-order chi connectivity index (χ1) is 7.54. The van der Waals surface area contributed by atoms with Gasteiger partial charge >= 0.3 is 5.97 Å². The average Bonchev–Trinajstić information content (AvgIpc) is 2.29. The second kappa shape index (κ2) is 5.82. The number of carbonyl (C=O) groups excluding carboxylic acids is 1. The Morgan fingerprint density at radius 2 is 2.31 bits per heavy atom. The third kappa shape index (κ3) is 3.47. The van der Waals surface area contributed by atoms with Crippen molar-refractivity contribution in [1.82, 2.24) is 0 Å². The van der Waals surface area contributed by atoms with Crippen molar-refractivity contribution in [3.05, 3.63) is 34.6 Å². The highest BCUT2D eigenvalue weighted by Crippen LogP contribution is 2.21. The fraction of sp³-hybridized carbons (Fsp3) is 0.364. The van der Waals surface area contributed by atoms with E-state index in [0.29, 0.717) is 12.0 Å². The lowest BCUT2D eigenvalue weighted by Gasteiger charge is -2.11. The second-order valence-electron chi connectivity index (χ2n) is 3.39. The van der Waals surface area contributed by atoms with Crippen LogP contribution in [0.4, 0.5) is 4.39 Å². The van der Waals surface area contributed by atoms with Gasteiger partial charge < -0.3 is 10.5 Å². The van der Waals surface area contributed by atoms with Crippen molar-refractivity contribution < 1.29 is 13.9 Å². The van der Waals surface area contributed by atoms with Crippen molar-refractivity contribution in [2.45, 2.75) is 18.9 Å². The van der Waals surface area contributed by atoms with Gasteiger partial charge in [0.05, 0.1) is 12.1 Å². The van der Waals surface area contributed by atoms with E-state index in [2.05, 4.69) is 4.74 Å². The molecule has 1 rings (SSSR count). The largest absolute Gasteiger partial charge is 0.469 e. The van der Waals surface area contributed by atoms with Crippen LogP contribution in [-0.4, -0.2) is 13.1 Å². The van der Waals surface area contributed by atoms with Crippen LogP contribution in [0.25, 0.3) is 0 Å². The summed E-state index contributed by atoms with van der Waals surface area (Å²) in [5, 5.41) is 0.0592. The minimum Gasteiger partial charge on any atom is -0.469 e. The Morgan fingerprint density at radius 1 is 1.62 bits per heavy atom. The number of hydrogen-bond donors (Lipinski definition) is 1. The van der Waals surface area contributed by atoms with Gasteiger partial charge in [-0.25, -0.2) is 4.39 Å². The van der Waals surface area contributed by atoms with Gasteiger partial charge in [-0.2, -0.15) is 0 Å². The summed E-state index contributed by atoms with van der Waals surface area (Å²) in [6.45, 7) is 0. The van der Waals surface area contributed by atoms with Crippen LogP contribution in [0.5, 0.6) is 0 Å². The number of carbonyl (C=O) groups is 1. The van der Waals surface area contributed by atoms with Crippen LogP contribution >= 0.6 is 11.6 Å². The molecule has 0 saturated carbocycles. The lowest BCUT2D eigenvalue weighted by atomic mass is 10.0. The maximum Gasteiger partial charge on any atom is 0.305 e. The molecule has 0 spiro atoms. The number of methoxy groups -OCH3 is 1. The van der Waals surface area contributed by atoms with Crippen molar-refractivity contribution >= 4 is 17.6 Å². The molecule has 0 heterocycles. The van der Waals surface area contributed by atoms with Crippen molar-refractivity contribution in [1.29, 1.82) is 0 Å². The number of rotatable bonds is 4. The maximum absolute atomic E-state index is 13.1. The number of hydrogen-bond acceptors (Lipinski definition) is 3. The molecule has 0 aliphatic rings. The lowest BCUT2D eigenvalue weighted by Crippen LogP contribution is -2.13. The molecule has 1 aromatic carbocycles. The predicted octanol–water partition coefficient (Wildman–Crippen LogP) is 2.43. The SMILES string of the molecule is COC(=O)CCC(N)c1ccc(Cl)c(F)c1. The van der Waals surface area contributed by atoms with E-state index in [1.54, 1.807) is 6.07 Å². The summed E-state index contributed by atoms with van der Waals surface area (Å²) >= 11 is 5.55. The molecule has 5 heteroatoms. The van der Waals surface area contributed by atoms with Gasteiger partial charge in [0.25, 0.3) is 0 Å². The van der Waals surface area contributed by atoms with Crippen molar-refractivity contribution in [3.63, 3.8) is 0 Å². The number of halogens is 2. The molecule has 3 nitrogen and oxygen atoms in total. The maximum atomic E-state index is 13.1. The van der Waals surface area contributed by atoms with Gasteiger partial charge in [-0.05, 0) is 24.1 Å². The first-order valence-electron chi connectivity index (χ1n) is 4.82. The standard InChI is InChI=1S/C11H13ClFNO2/c1-16-11(15)5-4-10(14)7-2-3-8(12)9(13)6-7/h2-3,6,10H,4-5,14H2,1H3. The highest BCUT2D eigenvalue weighted by atomic mass is 35.5. The molecule has 2 N–H and O–H groups in total. The molecular weight excluding hydrogens is 233 g/mol. The molecule has 0 fully saturated rings. The Morgan fingerprint density at radius 3 is 2.88 bits per heavy atom. The molecule has 1 atom stereocenters. The number of benzene rings is 1. The predicted molar refractivity (Wildman–Crippen MR) is 59.6 cm³/mol. The molecule has 0 saturated heterocycles. The Kier molecular flexibility index (Phi) is 4.71. The lowest BCUT2D eigenvalue weighted by molar-refractivity contribution is -0.140. The smallest absolute Gasteiger partial charge is 0.305 e. The Balaban J connectivity index is 2.62. The third-order valence-electron chi connectivity index (χ3n) is 2.26. The van der Waals surface area contributed by atoms with E-state index in [9.17, 15) is 9.18 Å². The van der Waals surface area contributed by atoms with E-state index in [1.807, 2.05) is 0 Å². The summed E-state index contributed by atoms with van der Waals surface area (Å²) in [7, 11) is 1.32. The van der Waals surface area contributed by atoms with Crippen LogP contribution in [0.15, 0.2) is 18.2 Å². The summed E-state index contributed by atoms with van der Waals surface area (Å²) in [5.74, 6) is -0.836. The van der Waals surface area contributed by atoms with Gasteiger partial charge in [-0.15, -0.1) is 0 Å². The zero-order valence-electron chi connectivity index (χ0n) is 8.87. The molecule has 0 aromatic heterocycles. The zero-order valence-corrected chi connectivity index (χ0v) is 9.63. The molecule has 0 aliphatic carbocycles. The first kappa shape index (κ1) is 12.9.